The molecule has 0 amide bonds. The highest BCUT2D eigenvalue weighted by Gasteiger charge is 2.05. The Bertz CT molecular complexity index is 576. The van der Waals surface area contributed by atoms with Gasteiger partial charge in [0.2, 0.25) is 0 Å². The molecular weight excluding hydrogens is 396 g/mol. The van der Waals surface area contributed by atoms with Crippen LogP contribution in [-0.2, 0) is 4.74 Å². The van der Waals surface area contributed by atoms with Crippen molar-refractivity contribution in [3.05, 3.63) is 60.4 Å². The van der Waals surface area contributed by atoms with Crippen molar-refractivity contribution in [3.63, 3.8) is 0 Å². The zero-order chi connectivity index (χ0) is 23.6. The summed E-state index contributed by atoms with van der Waals surface area (Å²) < 4.78 is 5.88. The van der Waals surface area contributed by atoms with E-state index < -0.39 is 0 Å². The number of ether oxygens (including phenoxy) is 1. The van der Waals surface area contributed by atoms with E-state index in [-0.39, 0.29) is 0 Å². The maximum atomic E-state index is 5.88. The first-order valence-electron chi connectivity index (χ1n) is 10.4. The van der Waals surface area contributed by atoms with E-state index in [1.54, 1.807) is 6.08 Å². The fraction of sp³-hybridized carbons (Fsp3) is 0.500. The Hall–Kier alpha value is -2.11. The molecule has 30 heavy (non-hydrogen) atoms. The molecule has 1 heterocycles. The molecule has 0 aromatic carbocycles. The standard InChI is InChI=1S/C18H28N4O.C3H6.C2H6.CH3Cl/c1-4-9-20-10-11-23-17-7-8-18(19)22-14-21-13-16(12-17)15(5-2)6-3;1-3-2;2*1-2/h5-7,12,14,20H,2,4,8-11,13H2,1,3H3,(H2,19,21,22);3H,1H2,2H3;1-2H3;1H3/b15-6-,16-12+,17-7+;;;. The van der Waals surface area contributed by atoms with E-state index >= 15 is 0 Å². The summed E-state index contributed by atoms with van der Waals surface area (Å²) in [6, 6.07) is 0. The second-order valence-corrected chi connectivity index (χ2v) is 5.51. The molecular formula is C24H43ClN4O. The lowest BCUT2D eigenvalue weighted by molar-refractivity contribution is 0.223. The Labute approximate surface area is 190 Å². The Morgan fingerprint density at radius 1 is 1.27 bits per heavy atom. The van der Waals surface area contributed by atoms with Gasteiger partial charge in [-0.15, -0.1) is 18.2 Å². The zero-order valence-corrected chi connectivity index (χ0v) is 20.6. The lowest BCUT2D eigenvalue weighted by Gasteiger charge is -2.12. The average Bonchev–Trinajstić information content (AvgIpc) is 2.78. The second-order valence-electron chi connectivity index (χ2n) is 5.51. The normalized spacial score (nSPS) is 16.8. The molecule has 0 unspecified atom stereocenters. The van der Waals surface area contributed by atoms with Gasteiger partial charge in [-0.2, -0.15) is 0 Å². The molecule has 1 aliphatic heterocycles. The van der Waals surface area contributed by atoms with Gasteiger partial charge in [0.05, 0.1) is 6.54 Å². The van der Waals surface area contributed by atoms with Crippen LogP contribution in [0.15, 0.2) is 70.4 Å². The summed E-state index contributed by atoms with van der Waals surface area (Å²) in [5.41, 5.74) is 7.91. The molecule has 0 radical (unpaired) electrons. The van der Waals surface area contributed by atoms with E-state index in [0.29, 0.717) is 25.4 Å². The Morgan fingerprint density at radius 3 is 2.43 bits per heavy atom. The van der Waals surface area contributed by atoms with Gasteiger partial charge in [-0.25, -0.2) is 4.99 Å². The third-order valence-corrected chi connectivity index (χ3v) is 3.27. The number of alkyl halides is 1. The Morgan fingerprint density at radius 2 is 1.90 bits per heavy atom. The van der Waals surface area contributed by atoms with E-state index in [9.17, 15) is 0 Å². The van der Waals surface area contributed by atoms with Gasteiger partial charge in [-0.05, 0) is 50.1 Å². The zero-order valence-electron chi connectivity index (χ0n) is 19.9. The van der Waals surface area contributed by atoms with Crippen molar-refractivity contribution in [1.82, 2.24) is 5.32 Å². The maximum Gasteiger partial charge on any atom is 0.116 e. The molecule has 0 spiro atoms. The first-order valence-corrected chi connectivity index (χ1v) is 11.2. The molecule has 0 saturated carbocycles. The topological polar surface area (TPSA) is 72.0 Å². The minimum atomic E-state index is 0.511. The van der Waals surface area contributed by atoms with Crippen molar-refractivity contribution in [2.45, 2.75) is 47.5 Å². The summed E-state index contributed by atoms with van der Waals surface area (Å²) in [5.74, 6) is 1.31. The largest absolute Gasteiger partial charge is 0.493 e. The minimum absolute atomic E-state index is 0.511. The van der Waals surface area contributed by atoms with Crippen LogP contribution in [0.3, 0.4) is 0 Å². The van der Waals surface area contributed by atoms with Gasteiger partial charge in [0.1, 0.15) is 24.5 Å². The van der Waals surface area contributed by atoms with Crippen molar-refractivity contribution in [1.29, 1.82) is 0 Å². The second kappa shape index (κ2) is 26.9. The summed E-state index contributed by atoms with van der Waals surface area (Å²) in [5, 5.41) is 3.32. The van der Waals surface area contributed by atoms with Crippen molar-refractivity contribution in [3.8, 4) is 0 Å². The van der Waals surface area contributed by atoms with E-state index in [0.717, 1.165) is 36.4 Å². The molecule has 3 N–H and O–H groups in total. The monoisotopic (exact) mass is 438 g/mol. The number of nitrogens with one attached hydrogen (secondary N) is 1. The van der Waals surface area contributed by atoms with Crippen LogP contribution in [0.25, 0.3) is 0 Å². The lowest BCUT2D eigenvalue weighted by atomic mass is 10.0. The van der Waals surface area contributed by atoms with Gasteiger partial charge >= 0.3 is 0 Å². The van der Waals surface area contributed by atoms with Crippen LogP contribution in [0, 0.1) is 0 Å². The molecule has 1 aliphatic rings. The quantitative estimate of drug-likeness (QED) is 0.217. The van der Waals surface area contributed by atoms with E-state index in [2.05, 4.69) is 47.0 Å². The predicted octanol–water partition coefficient (Wildman–Crippen LogP) is 5.81. The smallest absolute Gasteiger partial charge is 0.116 e. The van der Waals surface area contributed by atoms with Crippen LogP contribution in [0.1, 0.15) is 47.5 Å². The molecule has 0 aromatic rings. The van der Waals surface area contributed by atoms with Crippen LogP contribution in [0.4, 0.5) is 0 Å². The van der Waals surface area contributed by atoms with Crippen molar-refractivity contribution in [2.24, 2.45) is 15.7 Å². The summed E-state index contributed by atoms with van der Waals surface area (Å²) in [6.07, 6.45) is 14.2. The average molecular weight is 439 g/mol. The van der Waals surface area contributed by atoms with E-state index in [1.165, 1.54) is 12.7 Å². The van der Waals surface area contributed by atoms with Crippen LogP contribution in [0.5, 0.6) is 0 Å². The number of nitrogens with two attached hydrogens (primary N) is 1. The number of rotatable bonds is 8. The summed E-state index contributed by atoms with van der Waals surface area (Å²) in [4.78, 5) is 8.40. The van der Waals surface area contributed by atoms with Crippen molar-refractivity contribution in [2.75, 3.05) is 32.6 Å². The number of amidine groups is 1. The van der Waals surface area contributed by atoms with Crippen molar-refractivity contribution < 1.29 is 4.74 Å². The summed E-state index contributed by atoms with van der Waals surface area (Å²) in [7, 11) is 0. The van der Waals surface area contributed by atoms with Gasteiger partial charge in [0, 0.05) is 19.3 Å². The fourth-order valence-electron chi connectivity index (χ4n) is 2.04. The molecule has 6 heteroatoms. The van der Waals surface area contributed by atoms with Gasteiger partial charge in [0.15, 0.2) is 0 Å². The molecule has 0 aliphatic carbocycles. The molecule has 0 fully saturated rings. The third-order valence-electron chi connectivity index (χ3n) is 3.27. The molecule has 5 nitrogen and oxygen atoms in total. The highest BCUT2D eigenvalue weighted by Crippen LogP contribution is 2.16. The fourth-order valence-corrected chi connectivity index (χ4v) is 2.04. The van der Waals surface area contributed by atoms with Crippen molar-refractivity contribution >= 4 is 23.8 Å². The summed E-state index contributed by atoms with van der Waals surface area (Å²) in [6.45, 7) is 20.2. The van der Waals surface area contributed by atoms with Crippen LogP contribution >= 0.6 is 11.6 Å². The number of hydrogen-bond acceptors (Lipinski definition) is 5. The predicted molar refractivity (Wildman–Crippen MR) is 138 cm³/mol. The Kier molecular flexibility index (Phi) is 29.2. The van der Waals surface area contributed by atoms with Crippen LogP contribution in [-0.4, -0.2) is 44.8 Å². The Balaban J connectivity index is -0.000000926. The SMILES string of the molecule is C=CC.C=CC(=C/C)/C1=C/C(OCCNCCC)=C\CC(N)=NC=NC1.CC.CCl. The van der Waals surface area contributed by atoms with E-state index in [1.807, 2.05) is 52.0 Å². The first kappa shape index (κ1) is 32.6. The lowest BCUT2D eigenvalue weighted by Crippen LogP contribution is -2.20. The maximum absolute atomic E-state index is 5.88. The van der Waals surface area contributed by atoms with Crippen LogP contribution in [0.2, 0.25) is 0 Å². The van der Waals surface area contributed by atoms with Gasteiger partial charge in [0.25, 0.3) is 0 Å². The third kappa shape index (κ3) is 19.2. The molecule has 0 atom stereocenters. The minimum Gasteiger partial charge on any atom is -0.493 e. The van der Waals surface area contributed by atoms with Gasteiger partial charge < -0.3 is 15.8 Å². The number of halogens is 1. The van der Waals surface area contributed by atoms with E-state index in [4.69, 9.17) is 10.5 Å². The molecule has 172 valence electrons. The molecule has 0 bridgehead atoms. The van der Waals surface area contributed by atoms with Gasteiger partial charge in [-0.3, -0.25) is 4.99 Å². The molecule has 0 aromatic heterocycles. The molecule has 0 saturated heterocycles. The van der Waals surface area contributed by atoms with Gasteiger partial charge in [-0.1, -0.05) is 45.6 Å². The highest BCUT2D eigenvalue weighted by molar-refractivity contribution is 6.15. The number of hydrogen-bond donors (Lipinski definition) is 2. The number of nitrogens with zero attached hydrogens (tertiary/aromatic N) is 2. The number of aliphatic imine (C=N–C) groups is 2. The summed E-state index contributed by atoms with van der Waals surface area (Å²) >= 11 is 4.64. The van der Waals surface area contributed by atoms with Crippen LogP contribution < -0.4 is 11.1 Å². The number of allylic oxidation sites excluding steroid dienone is 4. The molecule has 1 rings (SSSR count). The first-order chi connectivity index (χ1) is 14.6. The highest BCUT2D eigenvalue weighted by atomic mass is 35.5.